The fourth-order valence-electron chi connectivity index (χ4n) is 2.88. The third-order valence-corrected chi connectivity index (χ3v) is 3.73. The Morgan fingerprint density at radius 1 is 1.06 bits per heavy atom. The molecule has 0 amide bonds. The smallest absolute Gasteiger partial charge is 0.0754 e. The minimum atomic E-state index is 0.317. The summed E-state index contributed by atoms with van der Waals surface area (Å²) in [7, 11) is 3.71. The lowest BCUT2D eigenvalue weighted by atomic mass is 9.78. The van der Waals surface area contributed by atoms with Crippen LogP contribution in [0, 0.1) is 11.8 Å². The molecule has 4 atom stereocenters. The molecule has 0 bridgehead atoms. The predicted octanol–water partition coefficient (Wildman–Crippen LogP) is 1.69. The van der Waals surface area contributed by atoms with Gasteiger partial charge in [-0.05, 0) is 31.7 Å². The van der Waals surface area contributed by atoms with Crippen molar-refractivity contribution in [2.75, 3.05) is 40.6 Å². The third-order valence-electron chi connectivity index (χ3n) is 3.73. The second-order valence-electron chi connectivity index (χ2n) is 5.39. The van der Waals surface area contributed by atoms with E-state index in [2.05, 4.69) is 19.2 Å². The average molecular weight is 259 g/mol. The average Bonchev–Trinajstić information content (AvgIpc) is 2.35. The van der Waals surface area contributed by atoms with Gasteiger partial charge in [0.25, 0.3) is 0 Å². The van der Waals surface area contributed by atoms with E-state index in [1.807, 2.05) is 7.05 Å². The van der Waals surface area contributed by atoms with Crippen molar-refractivity contribution in [2.24, 2.45) is 11.8 Å². The molecule has 0 saturated heterocycles. The van der Waals surface area contributed by atoms with Gasteiger partial charge in [-0.15, -0.1) is 0 Å². The minimum Gasteiger partial charge on any atom is -0.382 e. The molecular formula is C14H29NO3. The largest absolute Gasteiger partial charge is 0.382 e. The molecule has 18 heavy (non-hydrogen) atoms. The predicted molar refractivity (Wildman–Crippen MR) is 72.8 cm³/mol. The monoisotopic (exact) mass is 259 g/mol. The molecular weight excluding hydrogens is 230 g/mol. The highest BCUT2D eigenvalue weighted by atomic mass is 16.5. The van der Waals surface area contributed by atoms with Crippen LogP contribution in [0.25, 0.3) is 0 Å². The molecule has 0 aromatic rings. The normalized spacial score (nSPS) is 32.7. The summed E-state index contributed by atoms with van der Waals surface area (Å²) >= 11 is 0. The van der Waals surface area contributed by atoms with Crippen molar-refractivity contribution in [3.05, 3.63) is 0 Å². The van der Waals surface area contributed by atoms with E-state index in [4.69, 9.17) is 14.2 Å². The molecule has 0 radical (unpaired) electrons. The molecule has 1 rings (SSSR count). The van der Waals surface area contributed by atoms with Gasteiger partial charge in [-0.25, -0.2) is 0 Å². The summed E-state index contributed by atoms with van der Waals surface area (Å²) in [5, 5.41) is 3.39. The van der Waals surface area contributed by atoms with Crippen LogP contribution < -0.4 is 5.32 Å². The topological polar surface area (TPSA) is 39.7 Å². The van der Waals surface area contributed by atoms with E-state index >= 15 is 0 Å². The standard InChI is InChI=1S/C14H29NO3/c1-11-9-12(2)14(13(10-11)15-3)18-8-7-17-6-5-16-4/h11-15H,5-10H2,1-4H3. The zero-order valence-corrected chi connectivity index (χ0v) is 12.3. The Balaban J connectivity index is 2.21. The molecule has 0 aromatic carbocycles. The van der Waals surface area contributed by atoms with Gasteiger partial charge in [-0.3, -0.25) is 0 Å². The van der Waals surface area contributed by atoms with Gasteiger partial charge in [0.1, 0.15) is 0 Å². The van der Waals surface area contributed by atoms with Gasteiger partial charge >= 0.3 is 0 Å². The van der Waals surface area contributed by atoms with E-state index in [9.17, 15) is 0 Å². The van der Waals surface area contributed by atoms with E-state index < -0.39 is 0 Å². The highest BCUT2D eigenvalue weighted by molar-refractivity contribution is 4.87. The Hall–Kier alpha value is -0.160. The van der Waals surface area contributed by atoms with Crippen LogP contribution in [-0.2, 0) is 14.2 Å². The van der Waals surface area contributed by atoms with Crippen molar-refractivity contribution in [2.45, 2.75) is 38.8 Å². The number of likely N-dealkylation sites (N-methyl/N-ethyl adjacent to an activating group) is 1. The highest BCUT2D eigenvalue weighted by Gasteiger charge is 2.33. The molecule has 1 aliphatic rings. The Morgan fingerprint density at radius 2 is 1.78 bits per heavy atom. The first-order valence-corrected chi connectivity index (χ1v) is 7.04. The highest BCUT2D eigenvalue weighted by Crippen LogP contribution is 2.30. The van der Waals surface area contributed by atoms with Crippen LogP contribution in [0.4, 0.5) is 0 Å². The summed E-state index contributed by atoms with van der Waals surface area (Å²) in [5.41, 5.74) is 0. The molecule has 0 aromatic heterocycles. The van der Waals surface area contributed by atoms with Gasteiger partial charge in [0, 0.05) is 13.2 Å². The molecule has 1 aliphatic carbocycles. The fraction of sp³-hybridized carbons (Fsp3) is 1.00. The summed E-state index contributed by atoms with van der Waals surface area (Å²) in [5.74, 6) is 1.40. The summed E-state index contributed by atoms with van der Waals surface area (Å²) in [6, 6.07) is 0.475. The van der Waals surface area contributed by atoms with Crippen molar-refractivity contribution < 1.29 is 14.2 Å². The van der Waals surface area contributed by atoms with Crippen LogP contribution in [0.3, 0.4) is 0 Å². The summed E-state index contributed by atoms with van der Waals surface area (Å²) < 4.78 is 16.3. The zero-order chi connectivity index (χ0) is 13.4. The van der Waals surface area contributed by atoms with Crippen LogP contribution in [0.15, 0.2) is 0 Å². The molecule has 0 spiro atoms. The van der Waals surface area contributed by atoms with E-state index in [0.717, 1.165) is 5.92 Å². The van der Waals surface area contributed by atoms with Gasteiger partial charge in [0.2, 0.25) is 0 Å². The maximum absolute atomic E-state index is 6.00. The number of nitrogens with one attached hydrogen (secondary N) is 1. The first kappa shape index (κ1) is 15.9. The van der Waals surface area contributed by atoms with Crippen LogP contribution in [-0.4, -0.2) is 52.7 Å². The lowest BCUT2D eigenvalue weighted by Crippen LogP contribution is -2.48. The minimum absolute atomic E-state index is 0.317. The van der Waals surface area contributed by atoms with Crippen LogP contribution in [0.2, 0.25) is 0 Å². The maximum atomic E-state index is 6.00. The molecule has 108 valence electrons. The Labute approximate surface area is 111 Å². The third kappa shape index (κ3) is 5.22. The summed E-state index contributed by atoms with van der Waals surface area (Å²) in [6.45, 7) is 7.23. The summed E-state index contributed by atoms with van der Waals surface area (Å²) in [6.07, 6.45) is 2.78. The number of hydrogen-bond donors (Lipinski definition) is 1. The Kier molecular flexibility index (Phi) is 7.82. The van der Waals surface area contributed by atoms with Gasteiger partial charge in [-0.2, -0.15) is 0 Å². The molecule has 0 aliphatic heterocycles. The van der Waals surface area contributed by atoms with Crippen molar-refractivity contribution in [1.82, 2.24) is 5.32 Å². The van der Waals surface area contributed by atoms with Gasteiger partial charge < -0.3 is 19.5 Å². The number of rotatable bonds is 8. The molecule has 1 N–H and O–H groups in total. The quantitative estimate of drug-likeness (QED) is 0.673. The molecule has 4 nitrogen and oxygen atoms in total. The second kappa shape index (κ2) is 8.86. The second-order valence-corrected chi connectivity index (χ2v) is 5.39. The first-order valence-electron chi connectivity index (χ1n) is 7.04. The number of methoxy groups -OCH3 is 1. The van der Waals surface area contributed by atoms with Gasteiger partial charge in [0.05, 0.1) is 32.5 Å². The van der Waals surface area contributed by atoms with E-state index in [-0.39, 0.29) is 0 Å². The molecule has 4 heteroatoms. The van der Waals surface area contributed by atoms with Crippen molar-refractivity contribution in [3.8, 4) is 0 Å². The van der Waals surface area contributed by atoms with Crippen LogP contribution >= 0.6 is 0 Å². The van der Waals surface area contributed by atoms with Crippen LogP contribution in [0.1, 0.15) is 26.7 Å². The maximum Gasteiger partial charge on any atom is 0.0754 e. The van der Waals surface area contributed by atoms with E-state index in [1.54, 1.807) is 7.11 Å². The lowest BCUT2D eigenvalue weighted by molar-refractivity contribution is -0.0595. The van der Waals surface area contributed by atoms with E-state index in [1.165, 1.54) is 12.8 Å². The fourth-order valence-corrected chi connectivity index (χ4v) is 2.88. The molecule has 4 unspecified atom stereocenters. The molecule has 1 fully saturated rings. The Morgan fingerprint density at radius 3 is 2.44 bits per heavy atom. The lowest BCUT2D eigenvalue weighted by Gasteiger charge is -2.39. The number of ether oxygens (including phenoxy) is 3. The molecule has 0 heterocycles. The van der Waals surface area contributed by atoms with Crippen molar-refractivity contribution >= 4 is 0 Å². The van der Waals surface area contributed by atoms with Crippen molar-refractivity contribution in [3.63, 3.8) is 0 Å². The Bertz CT molecular complexity index is 213. The van der Waals surface area contributed by atoms with Gasteiger partial charge in [0.15, 0.2) is 0 Å². The zero-order valence-electron chi connectivity index (χ0n) is 12.3. The van der Waals surface area contributed by atoms with Gasteiger partial charge in [-0.1, -0.05) is 13.8 Å². The number of hydrogen-bond acceptors (Lipinski definition) is 4. The van der Waals surface area contributed by atoms with Crippen molar-refractivity contribution in [1.29, 1.82) is 0 Å². The van der Waals surface area contributed by atoms with Crippen LogP contribution in [0.5, 0.6) is 0 Å². The SMILES string of the molecule is CNC1CC(C)CC(C)C1OCCOCCOC. The molecule has 1 saturated carbocycles. The summed E-state index contributed by atoms with van der Waals surface area (Å²) in [4.78, 5) is 0. The first-order chi connectivity index (χ1) is 8.69. The van der Waals surface area contributed by atoms with E-state index in [0.29, 0.717) is 44.5 Å².